The van der Waals surface area contributed by atoms with Crippen molar-refractivity contribution >= 4 is 5.91 Å². The number of carbonyl (C=O) groups is 1. The summed E-state index contributed by atoms with van der Waals surface area (Å²) in [6, 6.07) is 2.00. The molecule has 0 bridgehead atoms. The van der Waals surface area contributed by atoms with E-state index in [9.17, 15) is 4.79 Å². The maximum Gasteiger partial charge on any atom is 0.228 e. The van der Waals surface area contributed by atoms with E-state index in [1.165, 1.54) is 5.56 Å². The Hall–Kier alpha value is -1.91. The Balaban J connectivity index is 1.97. The van der Waals surface area contributed by atoms with Crippen LogP contribution in [0.2, 0.25) is 0 Å². The fourth-order valence-electron chi connectivity index (χ4n) is 3.14. The fraction of sp³-hybridized carbons (Fsp3) is 0.588. The summed E-state index contributed by atoms with van der Waals surface area (Å²) in [5, 5.41) is 0. The van der Waals surface area contributed by atoms with Gasteiger partial charge in [0.15, 0.2) is 11.5 Å². The summed E-state index contributed by atoms with van der Waals surface area (Å²) in [4.78, 5) is 14.5. The lowest BCUT2D eigenvalue weighted by Gasteiger charge is -2.32. The van der Waals surface area contributed by atoms with E-state index in [0.717, 1.165) is 31.4 Å². The minimum Gasteiger partial charge on any atom is -0.493 e. The Morgan fingerprint density at radius 3 is 2.36 bits per heavy atom. The Kier molecular flexibility index (Phi) is 3.67. The number of nitrogens with zero attached hydrogens (tertiary/aromatic N) is 1. The minimum atomic E-state index is -0.138. The van der Waals surface area contributed by atoms with E-state index in [1.807, 2.05) is 11.0 Å². The molecule has 22 heavy (non-hydrogen) atoms. The van der Waals surface area contributed by atoms with Gasteiger partial charge in [0.05, 0.1) is 21.3 Å². The second-order valence-corrected chi connectivity index (χ2v) is 6.32. The molecule has 3 rings (SSSR count). The molecule has 1 aromatic rings. The number of ether oxygens (including phenoxy) is 3. The molecule has 0 saturated heterocycles. The van der Waals surface area contributed by atoms with Gasteiger partial charge in [0.1, 0.15) is 0 Å². The fourth-order valence-corrected chi connectivity index (χ4v) is 3.14. The molecule has 1 saturated carbocycles. The quantitative estimate of drug-likeness (QED) is 0.857. The van der Waals surface area contributed by atoms with Crippen molar-refractivity contribution in [2.75, 3.05) is 27.9 Å². The van der Waals surface area contributed by atoms with E-state index in [0.29, 0.717) is 23.8 Å². The molecule has 0 atom stereocenters. The van der Waals surface area contributed by atoms with Gasteiger partial charge >= 0.3 is 0 Å². The minimum absolute atomic E-state index is 0.138. The molecule has 5 heteroatoms. The predicted molar refractivity (Wildman–Crippen MR) is 82.6 cm³/mol. The normalized spacial score (nSPS) is 18.5. The number of amides is 1. The Bertz CT molecular complexity index is 607. The van der Waals surface area contributed by atoms with Gasteiger partial charge in [0.2, 0.25) is 11.7 Å². The molecule has 1 aliphatic carbocycles. The highest BCUT2D eigenvalue weighted by molar-refractivity contribution is 5.85. The van der Waals surface area contributed by atoms with Crippen LogP contribution in [-0.2, 0) is 17.8 Å². The highest BCUT2D eigenvalue weighted by atomic mass is 16.5. The Morgan fingerprint density at radius 2 is 1.82 bits per heavy atom. The second-order valence-electron chi connectivity index (χ2n) is 6.32. The van der Waals surface area contributed by atoms with Gasteiger partial charge in [-0.15, -0.1) is 0 Å². The lowest BCUT2D eigenvalue weighted by atomic mass is 9.96. The SMILES string of the molecule is COc1cc2c(c(OC)c1OC)CN(C(=O)C1(C)CC1)CC2. The number of fused-ring (bicyclic) bond motifs is 1. The first-order valence-corrected chi connectivity index (χ1v) is 7.64. The highest BCUT2D eigenvalue weighted by Crippen LogP contribution is 2.48. The molecule has 5 nitrogen and oxygen atoms in total. The average Bonchev–Trinajstić information content (AvgIpc) is 3.30. The van der Waals surface area contributed by atoms with Crippen molar-refractivity contribution in [1.82, 2.24) is 4.90 Å². The standard InChI is InChI=1S/C17H23NO4/c1-17(6-7-17)16(19)18-8-5-11-9-13(20-2)15(22-4)14(21-3)12(11)10-18/h9H,5-8,10H2,1-4H3. The molecule has 1 heterocycles. The van der Waals surface area contributed by atoms with E-state index in [1.54, 1.807) is 21.3 Å². The van der Waals surface area contributed by atoms with E-state index < -0.39 is 0 Å². The summed E-state index contributed by atoms with van der Waals surface area (Å²) in [5.41, 5.74) is 2.06. The second kappa shape index (κ2) is 5.38. The lowest BCUT2D eigenvalue weighted by molar-refractivity contribution is -0.137. The summed E-state index contributed by atoms with van der Waals surface area (Å²) in [6.45, 7) is 3.38. The smallest absolute Gasteiger partial charge is 0.228 e. The van der Waals surface area contributed by atoms with Gasteiger partial charge in [0.25, 0.3) is 0 Å². The molecule has 0 spiro atoms. The molecule has 2 aliphatic rings. The third kappa shape index (κ3) is 2.28. The zero-order valence-corrected chi connectivity index (χ0v) is 13.7. The molecule has 1 fully saturated rings. The van der Waals surface area contributed by atoms with Crippen LogP contribution in [0, 0.1) is 5.41 Å². The summed E-state index contributed by atoms with van der Waals surface area (Å²) >= 11 is 0. The molecule has 1 aliphatic heterocycles. The van der Waals surface area contributed by atoms with E-state index in [2.05, 4.69) is 6.92 Å². The third-order valence-corrected chi connectivity index (χ3v) is 4.83. The monoisotopic (exact) mass is 305 g/mol. The van der Waals surface area contributed by atoms with Crippen molar-refractivity contribution in [2.45, 2.75) is 32.7 Å². The molecular weight excluding hydrogens is 282 g/mol. The van der Waals surface area contributed by atoms with Gasteiger partial charge in [-0.3, -0.25) is 4.79 Å². The van der Waals surface area contributed by atoms with Crippen LogP contribution in [-0.4, -0.2) is 38.7 Å². The summed E-state index contributed by atoms with van der Waals surface area (Å²) < 4.78 is 16.4. The summed E-state index contributed by atoms with van der Waals surface area (Å²) in [6.07, 6.45) is 2.81. The van der Waals surface area contributed by atoms with Crippen LogP contribution in [0.25, 0.3) is 0 Å². The van der Waals surface area contributed by atoms with E-state index >= 15 is 0 Å². The first-order chi connectivity index (χ1) is 10.5. The van der Waals surface area contributed by atoms with Crippen LogP contribution in [0.1, 0.15) is 30.9 Å². The average molecular weight is 305 g/mol. The first-order valence-electron chi connectivity index (χ1n) is 7.64. The number of carbonyl (C=O) groups excluding carboxylic acids is 1. The number of benzene rings is 1. The summed E-state index contributed by atoms with van der Waals surface area (Å²) in [5.74, 6) is 2.20. The third-order valence-electron chi connectivity index (χ3n) is 4.83. The molecule has 0 aromatic heterocycles. The molecule has 0 radical (unpaired) electrons. The summed E-state index contributed by atoms with van der Waals surface area (Å²) in [7, 11) is 4.85. The molecule has 0 unspecified atom stereocenters. The van der Waals surface area contributed by atoms with Crippen LogP contribution < -0.4 is 14.2 Å². The van der Waals surface area contributed by atoms with Crippen LogP contribution >= 0.6 is 0 Å². The number of hydrogen-bond donors (Lipinski definition) is 0. The molecule has 1 aromatic carbocycles. The Labute approximate surface area is 131 Å². The predicted octanol–water partition coefficient (Wildman–Crippen LogP) is 2.40. The van der Waals surface area contributed by atoms with E-state index in [-0.39, 0.29) is 11.3 Å². The van der Waals surface area contributed by atoms with Crippen molar-refractivity contribution in [3.8, 4) is 17.2 Å². The molecule has 0 N–H and O–H groups in total. The maximum atomic E-state index is 12.6. The number of hydrogen-bond acceptors (Lipinski definition) is 4. The van der Waals surface area contributed by atoms with Crippen molar-refractivity contribution in [3.05, 3.63) is 17.2 Å². The highest BCUT2D eigenvalue weighted by Gasteiger charge is 2.47. The Morgan fingerprint density at radius 1 is 1.14 bits per heavy atom. The van der Waals surface area contributed by atoms with Gasteiger partial charge < -0.3 is 19.1 Å². The largest absolute Gasteiger partial charge is 0.493 e. The lowest BCUT2D eigenvalue weighted by Crippen LogP contribution is -2.40. The number of rotatable bonds is 4. The van der Waals surface area contributed by atoms with Crippen LogP contribution in [0.4, 0.5) is 0 Å². The maximum absolute atomic E-state index is 12.6. The van der Waals surface area contributed by atoms with Crippen molar-refractivity contribution in [3.63, 3.8) is 0 Å². The zero-order chi connectivity index (χ0) is 15.9. The zero-order valence-electron chi connectivity index (χ0n) is 13.7. The molecular formula is C17H23NO4. The van der Waals surface area contributed by atoms with Gasteiger partial charge in [-0.1, -0.05) is 6.92 Å². The number of methoxy groups -OCH3 is 3. The van der Waals surface area contributed by atoms with Gasteiger partial charge in [-0.05, 0) is 30.9 Å². The van der Waals surface area contributed by atoms with E-state index in [4.69, 9.17) is 14.2 Å². The van der Waals surface area contributed by atoms with Crippen LogP contribution in [0.15, 0.2) is 6.07 Å². The van der Waals surface area contributed by atoms with Gasteiger partial charge in [0, 0.05) is 24.1 Å². The molecule has 1 amide bonds. The topological polar surface area (TPSA) is 48.0 Å². The molecule has 120 valence electrons. The first kappa shape index (κ1) is 15.0. The van der Waals surface area contributed by atoms with Crippen LogP contribution in [0.5, 0.6) is 17.2 Å². The van der Waals surface area contributed by atoms with Crippen molar-refractivity contribution in [2.24, 2.45) is 5.41 Å². The van der Waals surface area contributed by atoms with Crippen LogP contribution in [0.3, 0.4) is 0 Å². The van der Waals surface area contributed by atoms with Crippen molar-refractivity contribution in [1.29, 1.82) is 0 Å². The van der Waals surface area contributed by atoms with Gasteiger partial charge in [-0.25, -0.2) is 0 Å². The van der Waals surface area contributed by atoms with Crippen molar-refractivity contribution < 1.29 is 19.0 Å². The van der Waals surface area contributed by atoms with Gasteiger partial charge in [-0.2, -0.15) is 0 Å².